The van der Waals surface area contributed by atoms with Crippen molar-refractivity contribution in [2.75, 3.05) is 12.1 Å². The van der Waals surface area contributed by atoms with E-state index in [0.29, 0.717) is 27.8 Å². The number of carbonyl (C=O) groups is 2. The summed E-state index contributed by atoms with van der Waals surface area (Å²) in [5.74, 6) is 0.0680. The fourth-order valence-corrected chi connectivity index (χ4v) is 2.20. The fraction of sp³-hybridized carbons (Fsp3) is 0.125. The maximum absolute atomic E-state index is 12.2. The molecule has 3 rings (SSSR count). The van der Waals surface area contributed by atoms with E-state index in [2.05, 4.69) is 5.32 Å². The monoisotopic (exact) mass is 333 g/mol. The van der Waals surface area contributed by atoms with Crippen LogP contribution in [-0.2, 0) is 4.79 Å². The number of rotatable bonds is 3. The molecule has 6 nitrogen and oxygen atoms in total. The van der Waals surface area contributed by atoms with Gasteiger partial charge >= 0.3 is 5.97 Å². The average molecular weight is 334 g/mol. The van der Waals surface area contributed by atoms with Crippen molar-refractivity contribution >= 4 is 29.2 Å². The standard InChI is InChI=1S/C16H12ClNO5/c1-9(19)18-12-6-13-15(22-8-21-13)14(7-12)23-16(20)10-2-4-11(17)5-3-10/h2-7H,8H2,1H3,(H,18,19). The molecule has 2 aromatic carbocycles. The van der Waals surface area contributed by atoms with Crippen molar-refractivity contribution < 1.29 is 23.8 Å². The van der Waals surface area contributed by atoms with Crippen molar-refractivity contribution in [1.82, 2.24) is 0 Å². The molecule has 1 N–H and O–H groups in total. The molecule has 23 heavy (non-hydrogen) atoms. The number of amides is 1. The number of halogens is 1. The molecule has 0 fully saturated rings. The fourth-order valence-electron chi connectivity index (χ4n) is 2.07. The quantitative estimate of drug-likeness (QED) is 0.689. The maximum Gasteiger partial charge on any atom is 0.343 e. The molecule has 0 saturated heterocycles. The Bertz CT molecular complexity index is 773. The van der Waals surface area contributed by atoms with Crippen LogP contribution in [-0.4, -0.2) is 18.7 Å². The van der Waals surface area contributed by atoms with Gasteiger partial charge in [-0.05, 0) is 24.3 Å². The van der Waals surface area contributed by atoms with Crippen molar-refractivity contribution in [2.24, 2.45) is 0 Å². The van der Waals surface area contributed by atoms with Crippen LogP contribution in [0.4, 0.5) is 5.69 Å². The van der Waals surface area contributed by atoms with Gasteiger partial charge in [-0.1, -0.05) is 11.6 Å². The Balaban J connectivity index is 1.89. The zero-order valence-electron chi connectivity index (χ0n) is 12.1. The van der Waals surface area contributed by atoms with E-state index in [-0.39, 0.29) is 18.4 Å². The van der Waals surface area contributed by atoms with Gasteiger partial charge in [-0.25, -0.2) is 4.79 Å². The minimum absolute atomic E-state index is 0.0182. The summed E-state index contributed by atoms with van der Waals surface area (Å²) in [6.07, 6.45) is 0. The smallest absolute Gasteiger partial charge is 0.343 e. The van der Waals surface area contributed by atoms with Crippen LogP contribution >= 0.6 is 11.6 Å². The first-order chi connectivity index (χ1) is 11.0. The van der Waals surface area contributed by atoms with Crippen molar-refractivity contribution in [2.45, 2.75) is 6.92 Å². The molecule has 0 saturated carbocycles. The Morgan fingerprint density at radius 2 is 1.91 bits per heavy atom. The van der Waals surface area contributed by atoms with E-state index in [1.807, 2.05) is 0 Å². The summed E-state index contributed by atoms with van der Waals surface area (Å²) in [6, 6.07) is 9.40. The second-order valence-electron chi connectivity index (χ2n) is 4.79. The summed E-state index contributed by atoms with van der Waals surface area (Å²) in [5, 5.41) is 3.13. The Hall–Kier alpha value is -2.73. The molecule has 1 aliphatic rings. The predicted octanol–water partition coefficient (Wildman–Crippen LogP) is 3.25. The number of carbonyl (C=O) groups excluding carboxylic acids is 2. The van der Waals surface area contributed by atoms with Crippen LogP contribution in [0, 0.1) is 0 Å². The molecular weight excluding hydrogens is 322 g/mol. The molecule has 118 valence electrons. The van der Waals surface area contributed by atoms with E-state index in [9.17, 15) is 9.59 Å². The molecular formula is C16H12ClNO5. The highest BCUT2D eigenvalue weighted by molar-refractivity contribution is 6.30. The van der Waals surface area contributed by atoms with Crippen LogP contribution in [0.3, 0.4) is 0 Å². The minimum Gasteiger partial charge on any atom is -0.453 e. The van der Waals surface area contributed by atoms with Crippen molar-refractivity contribution in [3.8, 4) is 17.2 Å². The predicted molar refractivity (Wildman–Crippen MR) is 83.3 cm³/mol. The summed E-state index contributed by atoms with van der Waals surface area (Å²) in [4.78, 5) is 23.4. The van der Waals surface area contributed by atoms with Crippen LogP contribution in [0.5, 0.6) is 17.2 Å². The highest BCUT2D eigenvalue weighted by Crippen LogP contribution is 2.43. The number of fused-ring (bicyclic) bond motifs is 1. The van der Waals surface area contributed by atoms with E-state index in [1.54, 1.807) is 30.3 Å². The summed E-state index contributed by atoms with van der Waals surface area (Å²) in [7, 11) is 0. The Morgan fingerprint density at radius 1 is 1.17 bits per heavy atom. The first-order valence-electron chi connectivity index (χ1n) is 6.72. The van der Waals surface area contributed by atoms with Crippen molar-refractivity contribution in [3.05, 3.63) is 47.0 Å². The van der Waals surface area contributed by atoms with Gasteiger partial charge in [0.05, 0.1) is 5.56 Å². The third kappa shape index (κ3) is 3.37. The summed E-state index contributed by atoms with van der Waals surface area (Å²) in [6.45, 7) is 1.40. The molecule has 1 amide bonds. The van der Waals surface area contributed by atoms with Gasteiger partial charge < -0.3 is 19.5 Å². The van der Waals surface area contributed by atoms with E-state index in [4.69, 9.17) is 25.8 Å². The third-order valence-corrected chi connectivity index (χ3v) is 3.29. The van der Waals surface area contributed by atoms with E-state index in [1.165, 1.54) is 13.0 Å². The Labute approximate surface area is 136 Å². The van der Waals surface area contributed by atoms with Gasteiger partial charge in [0.15, 0.2) is 11.5 Å². The maximum atomic E-state index is 12.2. The highest BCUT2D eigenvalue weighted by atomic mass is 35.5. The van der Waals surface area contributed by atoms with Gasteiger partial charge in [0.2, 0.25) is 18.4 Å². The van der Waals surface area contributed by atoms with E-state index < -0.39 is 5.97 Å². The van der Waals surface area contributed by atoms with Crippen molar-refractivity contribution in [3.63, 3.8) is 0 Å². The van der Waals surface area contributed by atoms with Crippen molar-refractivity contribution in [1.29, 1.82) is 0 Å². The molecule has 0 bridgehead atoms. The molecule has 0 atom stereocenters. The largest absolute Gasteiger partial charge is 0.453 e. The lowest BCUT2D eigenvalue weighted by Crippen LogP contribution is -2.10. The van der Waals surface area contributed by atoms with E-state index in [0.717, 1.165) is 0 Å². The van der Waals surface area contributed by atoms with Crippen LogP contribution in [0.1, 0.15) is 17.3 Å². The molecule has 7 heteroatoms. The highest BCUT2D eigenvalue weighted by Gasteiger charge is 2.23. The van der Waals surface area contributed by atoms with Crippen LogP contribution < -0.4 is 19.5 Å². The number of anilines is 1. The summed E-state index contributed by atoms with van der Waals surface area (Å²) >= 11 is 5.79. The third-order valence-electron chi connectivity index (χ3n) is 3.04. The lowest BCUT2D eigenvalue weighted by atomic mass is 10.2. The second-order valence-corrected chi connectivity index (χ2v) is 5.22. The molecule has 0 radical (unpaired) electrons. The lowest BCUT2D eigenvalue weighted by Gasteiger charge is -2.10. The topological polar surface area (TPSA) is 73.9 Å². The summed E-state index contributed by atoms with van der Waals surface area (Å²) in [5.41, 5.74) is 0.785. The lowest BCUT2D eigenvalue weighted by molar-refractivity contribution is -0.114. The van der Waals surface area contributed by atoms with Gasteiger partial charge in [0.25, 0.3) is 0 Å². The summed E-state index contributed by atoms with van der Waals surface area (Å²) < 4.78 is 16.0. The number of hydrogen-bond acceptors (Lipinski definition) is 5. The first-order valence-corrected chi connectivity index (χ1v) is 7.10. The zero-order chi connectivity index (χ0) is 16.4. The van der Waals surface area contributed by atoms with Gasteiger partial charge in [0, 0.05) is 29.8 Å². The Kier molecular flexibility index (Phi) is 4.08. The van der Waals surface area contributed by atoms with Gasteiger partial charge in [0.1, 0.15) is 0 Å². The van der Waals surface area contributed by atoms with Gasteiger partial charge in [-0.15, -0.1) is 0 Å². The number of ether oxygens (including phenoxy) is 3. The van der Waals surface area contributed by atoms with Crippen LogP contribution in [0.2, 0.25) is 5.02 Å². The first kappa shape index (κ1) is 15.2. The number of hydrogen-bond donors (Lipinski definition) is 1. The zero-order valence-corrected chi connectivity index (χ0v) is 12.8. The number of esters is 1. The molecule has 1 aliphatic heterocycles. The Morgan fingerprint density at radius 3 is 2.61 bits per heavy atom. The molecule has 0 aromatic heterocycles. The normalized spacial score (nSPS) is 11.9. The molecule has 0 spiro atoms. The molecule has 0 aliphatic carbocycles. The molecule has 0 unspecified atom stereocenters. The van der Waals surface area contributed by atoms with Gasteiger partial charge in [-0.3, -0.25) is 4.79 Å². The number of benzene rings is 2. The average Bonchev–Trinajstić information content (AvgIpc) is 2.95. The minimum atomic E-state index is -0.570. The van der Waals surface area contributed by atoms with Gasteiger partial charge in [-0.2, -0.15) is 0 Å². The van der Waals surface area contributed by atoms with E-state index >= 15 is 0 Å². The molecule has 2 aromatic rings. The van der Waals surface area contributed by atoms with Crippen LogP contribution in [0.15, 0.2) is 36.4 Å². The molecule has 1 heterocycles. The second kappa shape index (κ2) is 6.18. The number of nitrogens with one attached hydrogen (secondary N) is 1. The van der Waals surface area contributed by atoms with Crippen LogP contribution in [0.25, 0.3) is 0 Å². The SMILES string of the molecule is CC(=O)Nc1cc2c(c(OC(=O)c3ccc(Cl)cc3)c1)OCO2.